The number of nitrogens with zero attached hydrogens (tertiary/aromatic N) is 1. The number of nitrogens with two attached hydrogens (primary N) is 1. The summed E-state index contributed by atoms with van der Waals surface area (Å²) in [5.41, 5.74) is 14.2. The van der Waals surface area contributed by atoms with E-state index in [0.717, 1.165) is 32.1 Å². The SMILES string of the molecule is [NH][C@@H](Cc1cnc[nH]1)C(=O)C[C@@H](CCCCNC(=O)COCCOCCNC(=O)COCCOCCCC(=O)CCCCCCCCCCCCCCCCC(=O)O)C(N)=O. The van der Waals surface area contributed by atoms with Crippen molar-refractivity contribution in [2.45, 2.75) is 154 Å². The molecule has 1 heterocycles. The number of rotatable bonds is 45. The van der Waals surface area contributed by atoms with Gasteiger partial charge in [-0.25, -0.2) is 10.7 Å². The quantitative estimate of drug-likeness (QED) is 0.0554. The maximum atomic E-state index is 12.4. The van der Waals surface area contributed by atoms with E-state index in [0.29, 0.717) is 76.9 Å². The van der Waals surface area contributed by atoms with E-state index in [1.54, 1.807) is 6.20 Å². The number of carboxylic acid groups (broad SMARTS) is 1. The van der Waals surface area contributed by atoms with E-state index in [4.69, 9.17) is 35.5 Å². The molecule has 0 saturated heterocycles. The van der Waals surface area contributed by atoms with Gasteiger partial charge in [0.25, 0.3) is 0 Å². The standard InChI is InChI=1S/C44H77N6O11/c45-39(31-37-32-47-35-50-37)40(52)30-36(44(46)57)18-15-16-22-48-41(53)33-61-29-27-59-25-23-49-42(54)34-60-28-26-58-24-17-20-38(51)19-13-11-9-7-5-3-1-2-4-6-8-10-12-14-21-43(55)56/h32,35-36,39,45H,1-31,33-34H2,(H2,46,57)(H,47,50)(H,48,53)(H,49,54)(H,55,56)/t36-,39+/m1/s1. The van der Waals surface area contributed by atoms with Gasteiger partial charge in [0, 0.05) is 69.6 Å². The molecule has 17 nitrogen and oxygen atoms in total. The van der Waals surface area contributed by atoms with Crippen molar-refractivity contribution in [1.29, 1.82) is 0 Å². The monoisotopic (exact) mass is 866 g/mol. The molecule has 349 valence electrons. The predicted octanol–water partition coefficient (Wildman–Crippen LogP) is 4.81. The first-order chi connectivity index (χ1) is 29.6. The molecule has 17 heteroatoms. The van der Waals surface area contributed by atoms with E-state index in [2.05, 4.69) is 20.6 Å². The topological polar surface area (TPSA) is 262 Å². The van der Waals surface area contributed by atoms with Crippen molar-refractivity contribution < 1.29 is 52.8 Å². The van der Waals surface area contributed by atoms with Crippen LogP contribution in [0.15, 0.2) is 12.5 Å². The Labute approximate surface area is 363 Å². The molecule has 1 radical (unpaired) electrons. The van der Waals surface area contributed by atoms with Crippen LogP contribution < -0.4 is 22.1 Å². The average molecular weight is 866 g/mol. The van der Waals surface area contributed by atoms with E-state index in [9.17, 15) is 28.8 Å². The lowest BCUT2D eigenvalue weighted by Gasteiger charge is -2.15. The third-order valence-electron chi connectivity index (χ3n) is 10.1. The van der Waals surface area contributed by atoms with Gasteiger partial charge in [0.15, 0.2) is 5.78 Å². The molecule has 0 aliphatic heterocycles. The number of ketones is 2. The van der Waals surface area contributed by atoms with E-state index in [1.807, 2.05) is 0 Å². The van der Waals surface area contributed by atoms with Crippen LogP contribution in [0.2, 0.25) is 0 Å². The highest BCUT2D eigenvalue weighted by Gasteiger charge is 2.24. The van der Waals surface area contributed by atoms with Crippen LogP contribution in [-0.4, -0.2) is 122 Å². The summed E-state index contributed by atoms with van der Waals surface area (Å²) >= 11 is 0. The molecule has 2 atom stereocenters. The summed E-state index contributed by atoms with van der Waals surface area (Å²) in [6.45, 7) is 2.29. The van der Waals surface area contributed by atoms with Crippen molar-refractivity contribution >= 4 is 35.3 Å². The highest BCUT2D eigenvalue weighted by Crippen LogP contribution is 2.16. The van der Waals surface area contributed by atoms with Crippen LogP contribution in [0.4, 0.5) is 0 Å². The number of aromatic amines is 1. The molecular weight excluding hydrogens is 789 g/mol. The Morgan fingerprint density at radius 2 is 1.15 bits per heavy atom. The number of hydrogen-bond acceptors (Lipinski definition) is 11. The summed E-state index contributed by atoms with van der Waals surface area (Å²) in [5, 5.41) is 14.1. The Hall–Kier alpha value is -3.77. The zero-order valence-electron chi connectivity index (χ0n) is 36.7. The van der Waals surface area contributed by atoms with Gasteiger partial charge in [-0.2, -0.15) is 0 Å². The fourth-order valence-corrected chi connectivity index (χ4v) is 6.55. The lowest BCUT2D eigenvalue weighted by atomic mass is 9.92. The molecule has 3 amide bonds. The number of hydrogen-bond donors (Lipinski definition) is 5. The summed E-state index contributed by atoms with van der Waals surface area (Å²) in [4.78, 5) is 77.6. The average Bonchev–Trinajstić information content (AvgIpc) is 3.74. The molecule has 1 aromatic heterocycles. The third kappa shape index (κ3) is 35.5. The zero-order chi connectivity index (χ0) is 44.6. The number of Topliss-reactive ketones (excluding diaryl/α,β-unsaturated/α-hetero) is 2. The highest BCUT2D eigenvalue weighted by atomic mass is 16.5. The number of amides is 3. The molecule has 61 heavy (non-hydrogen) atoms. The number of H-pyrrole nitrogens is 1. The zero-order valence-corrected chi connectivity index (χ0v) is 36.7. The van der Waals surface area contributed by atoms with E-state index in [-0.39, 0.29) is 75.9 Å². The van der Waals surface area contributed by atoms with E-state index >= 15 is 0 Å². The Morgan fingerprint density at radius 1 is 0.639 bits per heavy atom. The number of nitrogens with one attached hydrogen (secondary N) is 4. The van der Waals surface area contributed by atoms with Crippen LogP contribution in [0.25, 0.3) is 0 Å². The van der Waals surface area contributed by atoms with Gasteiger partial charge < -0.3 is 45.4 Å². The third-order valence-corrected chi connectivity index (χ3v) is 10.1. The molecule has 1 rings (SSSR count). The number of imidazole rings is 1. The second kappa shape index (κ2) is 39.1. The maximum absolute atomic E-state index is 12.4. The number of aliphatic carboxylic acids is 1. The maximum Gasteiger partial charge on any atom is 0.303 e. The summed E-state index contributed by atoms with van der Waals surface area (Å²) in [6.07, 6.45) is 23.1. The van der Waals surface area contributed by atoms with Crippen molar-refractivity contribution in [2.24, 2.45) is 11.7 Å². The molecule has 1 aromatic rings. The minimum atomic E-state index is -1.00. The Bertz CT molecular complexity index is 1300. The fourth-order valence-electron chi connectivity index (χ4n) is 6.55. The summed E-state index contributed by atoms with van der Waals surface area (Å²) in [5.74, 6) is -2.55. The van der Waals surface area contributed by atoms with E-state index in [1.165, 1.54) is 64.1 Å². The van der Waals surface area contributed by atoms with Crippen molar-refractivity contribution in [3.8, 4) is 0 Å². The first kappa shape index (κ1) is 55.2. The van der Waals surface area contributed by atoms with Crippen molar-refractivity contribution in [2.75, 3.05) is 65.9 Å². The summed E-state index contributed by atoms with van der Waals surface area (Å²) in [6, 6.07) is -1.00. The van der Waals surface area contributed by atoms with Crippen LogP contribution in [0.3, 0.4) is 0 Å². The number of aromatic nitrogens is 2. The van der Waals surface area contributed by atoms with Gasteiger partial charge in [-0.1, -0.05) is 83.5 Å². The van der Waals surface area contributed by atoms with Crippen LogP contribution in [0.5, 0.6) is 0 Å². The molecule has 0 fully saturated rings. The van der Waals surface area contributed by atoms with E-state index < -0.39 is 23.8 Å². The predicted molar refractivity (Wildman–Crippen MR) is 230 cm³/mol. The highest BCUT2D eigenvalue weighted by molar-refractivity contribution is 5.89. The van der Waals surface area contributed by atoms with Gasteiger partial charge in [0.2, 0.25) is 17.7 Å². The van der Waals surface area contributed by atoms with Crippen molar-refractivity contribution in [3.05, 3.63) is 18.2 Å². The summed E-state index contributed by atoms with van der Waals surface area (Å²) < 4.78 is 21.6. The lowest BCUT2D eigenvalue weighted by molar-refractivity contribution is -0.137. The minimum absolute atomic E-state index is 0.0859. The number of unbranched alkanes of at least 4 members (excludes halogenated alkanes) is 14. The Morgan fingerprint density at radius 3 is 1.69 bits per heavy atom. The van der Waals surface area contributed by atoms with Crippen LogP contribution in [-0.2, 0) is 54.1 Å². The molecule has 0 unspecified atom stereocenters. The van der Waals surface area contributed by atoms with Gasteiger partial charge in [-0.15, -0.1) is 0 Å². The summed E-state index contributed by atoms with van der Waals surface area (Å²) in [7, 11) is 0. The number of ether oxygens (including phenoxy) is 4. The second-order valence-electron chi connectivity index (χ2n) is 15.6. The minimum Gasteiger partial charge on any atom is -0.481 e. The Balaban J connectivity index is 1.83. The van der Waals surface area contributed by atoms with Crippen LogP contribution in [0, 0.1) is 5.92 Å². The molecule has 0 aliphatic rings. The first-order valence-electron chi connectivity index (χ1n) is 22.7. The molecule has 7 N–H and O–H groups in total. The Kier molecular flexibility index (Phi) is 35.4. The molecule has 0 aliphatic carbocycles. The largest absolute Gasteiger partial charge is 0.481 e. The number of primary amides is 1. The van der Waals surface area contributed by atoms with Gasteiger partial charge in [0.05, 0.1) is 45.4 Å². The number of carbonyl (C=O) groups excluding carboxylic acids is 5. The number of carboxylic acids is 1. The van der Waals surface area contributed by atoms with Crippen molar-refractivity contribution in [3.63, 3.8) is 0 Å². The van der Waals surface area contributed by atoms with Crippen molar-refractivity contribution in [1.82, 2.24) is 26.3 Å². The first-order valence-corrected chi connectivity index (χ1v) is 22.7. The second-order valence-corrected chi connectivity index (χ2v) is 15.6. The van der Waals surface area contributed by atoms with Gasteiger partial charge in [0.1, 0.15) is 19.0 Å². The van der Waals surface area contributed by atoms with Gasteiger partial charge in [-0.05, 0) is 32.1 Å². The molecule has 0 saturated carbocycles. The molecule has 0 aromatic carbocycles. The number of carbonyl (C=O) groups is 6. The molecule has 0 bridgehead atoms. The van der Waals surface area contributed by atoms with Gasteiger partial charge >= 0.3 is 5.97 Å². The van der Waals surface area contributed by atoms with Crippen LogP contribution >= 0.6 is 0 Å². The molecule has 0 spiro atoms. The normalized spacial score (nSPS) is 12.2. The fraction of sp³-hybridized carbons (Fsp3) is 0.795. The van der Waals surface area contributed by atoms with Crippen LogP contribution in [0.1, 0.15) is 147 Å². The van der Waals surface area contributed by atoms with Gasteiger partial charge in [-0.3, -0.25) is 28.8 Å². The lowest BCUT2D eigenvalue weighted by Crippen LogP contribution is -2.32. The molecular formula is C44H77N6O11. The smallest absolute Gasteiger partial charge is 0.303 e.